The summed E-state index contributed by atoms with van der Waals surface area (Å²) in [5.41, 5.74) is 0.238. The van der Waals surface area contributed by atoms with Gasteiger partial charge in [-0.25, -0.2) is 0 Å². The maximum absolute atomic E-state index is 11.8. The van der Waals surface area contributed by atoms with Gasteiger partial charge in [0.15, 0.2) is 0 Å². The van der Waals surface area contributed by atoms with Crippen LogP contribution < -0.4 is 5.32 Å². The Kier molecular flexibility index (Phi) is 7.75. The first-order valence-electron chi connectivity index (χ1n) is 7.27. The van der Waals surface area contributed by atoms with E-state index >= 15 is 0 Å². The van der Waals surface area contributed by atoms with Crippen LogP contribution in [-0.2, 0) is 4.79 Å². The van der Waals surface area contributed by atoms with Crippen molar-refractivity contribution in [1.29, 1.82) is 0 Å². The number of halogens is 1. The van der Waals surface area contributed by atoms with Crippen LogP contribution in [0.2, 0.25) is 5.02 Å². The molecule has 6 heteroatoms. The molecule has 116 valence electrons. The Morgan fingerprint density at radius 3 is 2.52 bits per heavy atom. The SMILES string of the molecule is CCCCCCCCC(=O)Nc1cc(Cl)cc([N+](=O)[O-])c1. The number of nitrogens with one attached hydrogen (secondary N) is 1. The second kappa shape index (κ2) is 9.34. The minimum Gasteiger partial charge on any atom is -0.326 e. The van der Waals surface area contributed by atoms with Crippen molar-refractivity contribution >= 4 is 28.9 Å². The van der Waals surface area contributed by atoms with Gasteiger partial charge in [-0.05, 0) is 12.5 Å². The van der Waals surface area contributed by atoms with Gasteiger partial charge < -0.3 is 5.32 Å². The number of nitro groups is 1. The molecule has 0 bridgehead atoms. The molecule has 1 rings (SSSR count). The van der Waals surface area contributed by atoms with Crippen molar-refractivity contribution < 1.29 is 9.72 Å². The number of carbonyl (C=O) groups is 1. The molecule has 0 atom stereocenters. The van der Waals surface area contributed by atoms with Crippen molar-refractivity contribution in [3.63, 3.8) is 0 Å². The average Bonchev–Trinajstić information content (AvgIpc) is 2.42. The van der Waals surface area contributed by atoms with Crippen LogP contribution in [0.15, 0.2) is 18.2 Å². The third-order valence-electron chi connectivity index (χ3n) is 3.13. The van der Waals surface area contributed by atoms with Crippen LogP contribution >= 0.6 is 11.6 Å². The van der Waals surface area contributed by atoms with Crippen molar-refractivity contribution in [2.45, 2.75) is 51.9 Å². The Morgan fingerprint density at radius 1 is 1.19 bits per heavy atom. The maximum atomic E-state index is 11.8. The van der Waals surface area contributed by atoms with Crippen molar-refractivity contribution in [1.82, 2.24) is 0 Å². The van der Waals surface area contributed by atoms with Gasteiger partial charge in [0.1, 0.15) is 0 Å². The highest BCUT2D eigenvalue weighted by atomic mass is 35.5. The number of hydrogen-bond acceptors (Lipinski definition) is 3. The van der Waals surface area contributed by atoms with E-state index in [9.17, 15) is 14.9 Å². The molecule has 0 aliphatic heterocycles. The smallest absolute Gasteiger partial charge is 0.272 e. The van der Waals surface area contributed by atoms with E-state index in [2.05, 4.69) is 12.2 Å². The number of rotatable bonds is 9. The first kappa shape index (κ1) is 17.4. The lowest BCUT2D eigenvalue weighted by Crippen LogP contribution is -2.11. The lowest BCUT2D eigenvalue weighted by atomic mass is 10.1. The third kappa shape index (κ3) is 7.09. The van der Waals surface area contributed by atoms with E-state index in [4.69, 9.17) is 11.6 Å². The van der Waals surface area contributed by atoms with Crippen LogP contribution in [0.4, 0.5) is 11.4 Å². The molecule has 0 fully saturated rings. The van der Waals surface area contributed by atoms with E-state index in [1.54, 1.807) is 0 Å². The number of unbranched alkanes of at least 4 members (excludes halogenated alkanes) is 5. The number of amides is 1. The van der Waals surface area contributed by atoms with E-state index in [1.165, 1.54) is 37.5 Å². The molecule has 0 spiro atoms. The minimum atomic E-state index is -0.532. The molecule has 0 aliphatic carbocycles. The highest BCUT2D eigenvalue weighted by molar-refractivity contribution is 6.31. The normalized spacial score (nSPS) is 10.4. The fourth-order valence-electron chi connectivity index (χ4n) is 2.04. The standard InChI is InChI=1S/C15H21ClN2O3/c1-2-3-4-5-6-7-8-15(19)17-13-9-12(16)10-14(11-13)18(20)21/h9-11H,2-8H2,1H3,(H,17,19). The Morgan fingerprint density at radius 2 is 1.86 bits per heavy atom. The summed E-state index contributed by atoms with van der Waals surface area (Å²) >= 11 is 5.80. The van der Waals surface area contributed by atoms with Gasteiger partial charge in [-0.1, -0.05) is 50.6 Å². The summed E-state index contributed by atoms with van der Waals surface area (Å²) in [5.74, 6) is -0.137. The molecular formula is C15H21ClN2O3. The fourth-order valence-corrected chi connectivity index (χ4v) is 2.27. The summed E-state index contributed by atoms with van der Waals surface area (Å²) in [6.45, 7) is 2.16. The van der Waals surface area contributed by atoms with Gasteiger partial charge in [0.05, 0.1) is 4.92 Å². The molecule has 0 heterocycles. The fraction of sp³-hybridized carbons (Fsp3) is 0.533. The number of benzene rings is 1. The van der Waals surface area contributed by atoms with Crippen LogP contribution in [-0.4, -0.2) is 10.8 Å². The second-order valence-corrected chi connectivity index (χ2v) is 5.46. The van der Waals surface area contributed by atoms with Gasteiger partial charge in [-0.15, -0.1) is 0 Å². The number of carbonyl (C=O) groups excluding carboxylic acids is 1. The second-order valence-electron chi connectivity index (χ2n) is 5.02. The van der Waals surface area contributed by atoms with Crippen LogP contribution in [0.25, 0.3) is 0 Å². The third-order valence-corrected chi connectivity index (χ3v) is 3.35. The quantitative estimate of drug-likeness (QED) is 0.399. The van der Waals surface area contributed by atoms with E-state index in [-0.39, 0.29) is 16.6 Å². The molecular weight excluding hydrogens is 292 g/mol. The molecule has 0 aromatic heterocycles. The molecule has 1 aromatic carbocycles. The van der Waals surface area contributed by atoms with Crippen LogP contribution in [0.3, 0.4) is 0 Å². The zero-order valence-corrected chi connectivity index (χ0v) is 13.0. The number of nitrogens with zero attached hydrogens (tertiary/aromatic N) is 1. The number of anilines is 1. The van der Waals surface area contributed by atoms with Crippen molar-refractivity contribution in [2.75, 3.05) is 5.32 Å². The molecule has 0 radical (unpaired) electrons. The van der Waals surface area contributed by atoms with Crippen molar-refractivity contribution in [2.24, 2.45) is 0 Å². The Labute approximate surface area is 129 Å². The van der Waals surface area contributed by atoms with Crippen LogP contribution in [0.5, 0.6) is 0 Å². The maximum Gasteiger partial charge on any atom is 0.272 e. The van der Waals surface area contributed by atoms with Gasteiger partial charge in [0.2, 0.25) is 5.91 Å². The minimum absolute atomic E-state index is 0.127. The molecule has 5 nitrogen and oxygen atoms in total. The van der Waals surface area contributed by atoms with E-state index in [0.29, 0.717) is 12.1 Å². The van der Waals surface area contributed by atoms with Gasteiger partial charge >= 0.3 is 0 Å². The molecule has 0 unspecified atom stereocenters. The molecule has 1 aromatic rings. The largest absolute Gasteiger partial charge is 0.326 e. The van der Waals surface area contributed by atoms with Gasteiger partial charge in [-0.3, -0.25) is 14.9 Å². The molecule has 0 saturated heterocycles. The first-order valence-corrected chi connectivity index (χ1v) is 7.65. The zero-order chi connectivity index (χ0) is 15.7. The highest BCUT2D eigenvalue weighted by Crippen LogP contribution is 2.24. The lowest BCUT2D eigenvalue weighted by molar-refractivity contribution is -0.384. The Hall–Kier alpha value is -1.62. The predicted molar refractivity (Wildman–Crippen MR) is 84.7 cm³/mol. The first-order chi connectivity index (χ1) is 10.0. The topological polar surface area (TPSA) is 72.2 Å². The average molecular weight is 313 g/mol. The highest BCUT2D eigenvalue weighted by Gasteiger charge is 2.10. The zero-order valence-electron chi connectivity index (χ0n) is 12.2. The van der Waals surface area contributed by atoms with Gasteiger partial charge in [-0.2, -0.15) is 0 Å². The molecule has 0 aliphatic rings. The van der Waals surface area contributed by atoms with Crippen molar-refractivity contribution in [3.05, 3.63) is 33.3 Å². The van der Waals surface area contributed by atoms with Gasteiger partial charge in [0, 0.05) is 29.3 Å². The predicted octanol–water partition coefficient (Wildman–Crippen LogP) is 4.94. The Balaban J connectivity index is 2.39. The summed E-state index contributed by atoms with van der Waals surface area (Å²) < 4.78 is 0. The summed E-state index contributed by atoms with van der Waals surface area (Å²) in [4.78, 5) is 22.0. The Bertz CT molecular complexity index is 492. The summed E-state index contributed by atoms with van der Waals surface area (Å²) in [6, 6.07) is 4.07. The molecule has 1 amide bonds. The molecule has 1 N–H and O–H groups in total. The van der Waals surface area contributed by atoms with Crippen LogP contribution in [0, 0.1) is 10.1 Å². The summed E-state index contributed by atoms with van der Waals surface area (Å²) in [7, 11) is 0. The molecule has 21 heavy (non-hydrogen) atoms. The number of nitro benzene ring substituents is 1. The van der Waals surface area contributed by atoms with Crippen LogP contribution in [0.1, 0.15) is 51.9 Å². The van der Waals surface area contributed by atoms with E-state index < -0.39 is 4.92 Å². The van der Waals surface area contributed by atoms with Gasteiger partial charge in [0.25, 0.3) is 5.69 Å². The molecule has 0 saturated carbocycles. The number of non-ortho nitro benzene ring substituents is 1. The van der Waals surface area contributed by atoms with E-state index in [1.807, 2.05) is 0 Å². The summed E-state index contributed by atoms with van der Waals surface area (Å²) in [5, 5.41) is 13.6. The lowest BCUT2D eigenvalue weighted by Gasteiger charge is -2.06. The van der Waals surface area contributed by atoms with E-state index in [0.717, 1.165) is 19.3 Å². The number of hydrogen-bond donors (Lipinski definition) is 1. The summed E-state index contributed by atoms with van der Waals surface area (Å²) in [6.07, 6.45) is 7.07. The monoisotopic (exact) mass is 312 g/mol. The van der Waals surface area contributed by atoms with Crippen molar-refractivity contribution in [3.8, 4) is 0 Å².